The number of methoxy groups -OCH3 is 1. The van der Waals surface area contributed by atoms with Crippen molar-refractivity contribution in [1.82, 2.24) is 80.3 Å². The molecule has 1 aliphatic carbocycles. The lowest BCUT2D eigenvalue weighted by molar-refractivity contribution is -0.127. The molecule has 6 aromatic heterocycles. The lowest BCUT2D eigenvalue weighted by Crippen LogP contribution is -2.48. The third-order valence-corrected chi connectivity index (χ3v) is 21.6. The summed E-state index contributed by atoms with van der Waals surface area (Å²) < 4.78 is 64.0. The summed E-state index contributed by atoms with van der Waals surface area (Å²) in [6.45, 7) is 10.4. The van der Waals surface area contributed by atoms with Crippen LogP contribution in [0.15, 0.2) is 127 Å². The summed E-state index contributed by atoms with van der Waals surface area (Å²) in [5, 5.41) is 44.5. The Kier molecular flexibility index (Phi) is 41.7. The van der Waals surface area contributed by atoms with Gasteiger partial charge in [-0.05, 0) is 99.5 Å². The van der Waals surface area contributed by atoms with E-state index in [1.165, 1.54) is 66.3 Å². The molecule has 1 aliphatic rings. The number of imidazole rings is 3. The Balaban J connectivity index is 0.472. The van der Waals surface area contributed by atoms with Gasteiger partial charge in [-0.3, -0.25) is 47.9 Å². The summed E-state index contributed by atoms with van der Waals surface area (Å²) in [4.78, 5) is 143. The maximum Gasteiger partial charge on any atom is 0.291 e. The van der Waals surface area contributed by atoms with Crippen molar-refractivity contribution in [3.05, 3.63) is 190 Å². The molecular formula is C92H120ClN21O20. The van der Waals surface area contributed by atoms with E-state index in [2.05, 4.69) is 123 Å². The third kappa shape index (κ3) is 33.9. The summed E-state index contributed by atoms with van der Waals surface area (Å²) in [6.07, 6.45) is 12.5. The van der Waals surface area contributed by atoms with E-state index in [0.717, 1.165) is 37.0 Å². The van der Waals surface area contributed by atoms with Gasteiger partial charge in [0.25, 0.3) is 35.4 Å². The number of nitriles is 1. The van der Waals surface area contributed by atoms with Crippen LogP contribution in [0, 0.1) is 18.3 Å². The maximum atomic E-state index is 14.2. The van der Waals surface area contributed by atoms with Gasteiger partial charge in [0.05, 0.1) is 152 Å². The number of anilines is 4. The zero-order valence-corrected chi connectivity index (χ0v) is 77.4. The molecule has 41 nitrogen and oxygen atoms in total. The number of nitrogens with zero attached hydrogens (tertiary/aromatic N) is 9. The van der Waals surface area contributed by atoms with Crippen molar-refractivity contribution in [2.24, 2.45) is 35.2 Å². The smallest absolute Gasteiger partial charge is 0.291 e. The minimum absolute atomic E-state index is 0.00629. The average molecular weight is 1880 g/mol. The van der Waals surface area contributed by atoms with Gasteiger partial charge >= 0.3 is 0 Å². The second kappa shape index (κ2) is 54.2. The van der Waals surface area contributed by atoms with Gasteiger partial charge < -0.3 is 134 Å². The van der Waals surface area contributed by atoms with E-state index >= 15 is 0 Å². The first-order chi connectivity index (χ1) is 64.8. The summed E-state index contributed by atoms with van der Waals surface area (Å²) >= 11 is 6.79. The number of carbonyl (C=O) groups is 10. The molecule has 0 unspecified atom stereocenters. The number of hydrogen-bond acceptors (Lipinski definition) is 26. The molecule has 0 spiro atoms. The molecule has 10 rings (SSSR count). The molecule has 0 aliphatic heterocycles. The number of aromatic nitrogens is 8. The van der Waals surface area contributed by atoms with Gasteiger partial charge in [0.2, 0.25) is 35.3 Å². The SMILES string of the molecule is COc1cc(Cl)c(C(=O)N[C@@H](CNC2CCC(NC(=O)COCCOCCOCCOCCOCCOCCOCCOCCNC(=O)CCNC(=O)c3nc(NC(=O)CCNC(=O)c4cc(NC(=O)c5nc(NC(=O)CCNC(=O)c6cc(NC(=O)c7nccn7C)cn6C)cn5C)cn4C)cn3C)CC2)Cc2ccc(C#N)cc2)cc1-c1ccc(CN[C@H](C)c2ccc(C)cc2)o1. The number of nitrogens with one attached hydrogen (secondary N) is 12. The van der Waals surface area contributed by atoms with Gasteiger partial charge in [0.1, 0.15) is 35.3 Å². The highest BCUT2D eigenvalue weighted by atomic mass is 35.5. The van der Waals surface area contributed by atoms with E-state index in [-0.39, 0.29) is 164 Å². The van der Waals surface area contributed by atoms with Crippen LogP contribution in [0.25, 0.3) is 11.3 Å². The number of hydrogen-bond donors (Lipinski definition) is 12. The van der Waals surface area contributed by atoms with E-state index in [1.807, 2.05) is 24.3 Å². The molecule has 6 heterocycles. The van der Waals surface area contributed by atoms with Crippen molar-refractivity contribution < 1.29 is 95.0 Å². The van der Waals surface area contributed by atoms with Crippen LogP contribution in [-0.2, 0) is 105 Å². The second-order valence-corrected chi connectivity index (χ2v) is 32.1. The minimum atomic E-state index is -0.643. The Bertz CT molecular complexity index is 5400. The predicted molar refractivity (Wildman–Crippen MR) is 494 cm³/mol. The number of furan rings is 1. The summed E-state index contributed by atoms with van der Waals surface area (Å²) in [6, 6.07) is 27.8. The van der Waals surface area contributed by atoms with Crippen molar-refractivity contribution in [2.75, 3.05) is 167 Å². The van der Waals surface area contributed by atoms with Crippen LogP contribution >= 0.6 is 11.6 Å². The van der Waals surface area contributed by atoms with E-state index in [1.54, 1.807) is 83.6 Å². The lowest BCUT2D eigenvalue weighted by atomic mass is 9.91. The molecule has 134 heavy (non-hydrogen) atoms. The molecule has 10 amide bonds. The van der Waals surface area contributed by atoms with Crippen LogP contribution in [-0.4, -0.2) is 261 Å². The van der Waals surface area contributed by atoms with Gasteiger partial charge in [-0.25, -0.2) is 15.0 Å². The Morgan fingerprint density at radius 1 is 0.515 bits per heavy atom. The van der Waals surface area contributed by atoms with Crippen LogP contribution in [0.5, 0.6) is 5.75 Å². The zero-order valence-electron chi connectivity index (χ0n) is 76.6. The number of carbonyl (C=O) groups excluding carboxylic acids is 10. The van der Waals surface area contributed by atoms with Crippen LogP contribution in [0.3, 0.4) is 0 Å². The first-order valence-electron chi connectivity index (χ1n) is 44.2. The number of aryl methyl sites for hydroxylation is 6. The molecule has 2 atom stereocenters. The average Bonchev–Trinajstić information content (AvgIpc) is 0.942. The quantitative estimate of drug-likeness (QED) is 0.0195. The van der Waals surface area contributed by atoms with Crippen LogP contribution in [0.1, 0.15) is 149 Å². The minimum Gasteiger partial charge on any atom is -0.496 e. The maximum absolute atomic E-state index is 14.2. The third-order valence-electron chi connectivity index (χ3n) is 21.3. The highest BCUT2D eigenvalue weighted by Gasteiger charge is 2.28. The zero-order chi connectivity index (χ0) is 95.7. The number of amides is 10. The summed E-state index contributed by atoms with van der Waals surface area (Å²) in [5.74, 6) is -2.53. The highest BCUT2D eigenvalue weighted by molar-refractivity contribution is 6.34. The number of ether oxygens (including phenoxy) is 9. The molecule has 12 N–H and O–H groups in total. The standard InChI is InChI=1S/C92H120ClN21O20/c1-60-9-15-64(16-10-60)61(2)100-54-70-21-22-76(134-70)72-50-71(73(93)51-77(72)125-8)87(119)103-67(47-62-11-13-63(52-94)14-12-62)53-101-65-17-19-66(20-18-65)102-83(118)59-133-46-45-132-44-43-131-42-41-130-40-39-129-38-37-128-36-35-127-34-33-126-32-30-95-80(115)23-26-99-90(122)85-108-78(57-113(85)6)106-81(116)24-27-98-89(121)75-49-69(56-112(75)5)105-92(124)86-109-79(58-114(86)7)107-82(117)25-28-97-88(120)74-48-68(55-111(74)4)104-91(123)84-96-29-31-110(84)3/h9-16,21-22,29,31,48-51,55-58,61,65-67,100-101H,17-20,23-28,30,32-47,53-54,59H2,1-8H3,(H,95,115)(H,97,120)(H,98,121)(H,99,122)(H,102,118)(H,103,119)(H,104,123)(H,105,124)(H,106,116)(H,107,117)/t61-,65?,66?,67-/m1/s1. The highest BCUT2D eigenvalue weighted by Crippen LogP contribution is 2.37. The monoisotopic (exact) mass is 1870 g/mol. The van der Waals surface area contributed by atoms with Crippen LogP contribution in [0.4, 0.5) is 23.0 Å². The van der Waals surface area contributed by atoms with Gasteiger partial charge in [0.15, 0.2) is 17.5 Å². The van der Waals surface area contributed by atoms with Crippen LogP contribution in [0.2, 0.25) is 5.02 Å². The fraction of sp³-hybridized carbons (Fsp3) is 0.457. The van der Waals surface area contributed by atoms with Gasteiger partial charge in [0, 0.05) is 155 Å². The lowest BCUT2D eigenvalue weighted by Gasteiger charge is -2.31. The second-order valence-electron chi connectivity index (χ2n) is 31.7. The Morgan fingerprint density at radius 2 is 1.01 bits per heavy atom. The first-order valence-corrected chi connectivity index (χ1v) is 44.6. The largest absolute Gasteiger partial charge is 0.496 e. The van der Waals surface area contributed by atoms with E-state index in [4.69, 9.17) is 58.6 Å². The Hall–Kier alpha value is -13.0. The summed E-state index contributed by atoms with van der Waals surface area (Å²) in [5.41, 5.74) is 5.75. The molecule has 0 bridgehead atoms. The number of benzene rings is 3. The molecule has 0 saturated heterocycles. The van der Waals surface area contributed by atoms with E-state index in [0.29, 0.717) is 134 Å². The molecular weight excluding hydrogens is 1750 g/mol. The van der Waals surface area contributed by atoms with E-state index < -0.39 is 41.4 Å². The van der Waals surface area contributed by atoms with Gasteiger partial charge in [-0.1, -0.05) is 53.6 Å². The molecule has 1 fully saturated rings. The van der Waals surface area contributed by atoms with Gasteiger partial charge in [-0.2, -0.15) is 5.26 Å². The first kappa shape index (κ1) is 103. The molecule has 9 aromatic rings. The van der Waals surface area contributed by atoms with Gasteiger partial charge in [-0.15, -0.1) is 0 Å². The van der Waals surface area contributed by atoms with Crippen molar-refractivity contribution >= 4 is 93.7 Å². The van der Waals surface area contributed by atoms with E-state index in [9.17, 15) is 53.2 Å². The Labute approximate surface area is 781 Å². The number of halogens is 1. The van der Waals surface area contributed by atoms with Crippen molar-refractivity contribution in [2.45, 2.75) is 95.9 Å². The molecule has 720 valence electrons. The molecule has 3 aromatic carbocycles. The molecule has 0 radical (unpaired) electrons. The van der Waals surface area contributed by atoms with Crippen molar-refractivity contribution in [1.29, 1.82) is 5.26 Å². The molecule has 1 saturated carbocycles. The van der Waals surface area contributed by atoms with Crippen molar-refractivity contribution in [3.8, 4) is 23.1 Å². The topological polar surface area (TPSA) is 498 Å². The van der Waals surface area contributed by atoms with Crippen LogP contribution < -0.4 is 68.5 Å². The fourth-order valence-electron chi connectivity index (χ4n) is 14.1. The van der Waals surface area contributed by atoms with Crippen molar-refractivity contribution in [3.63, 3.8) is 0 Å². The number of rotatable bonds is 58. The predicted octanol–water partition coefficient (Wildman–Crippen LogP) is 5.97. The Morgan fingerprint density at radius 3 is 1.54 bits per heavy atom. The normalized spacial score (nSPS) is 13.4. The fourth-order valence-corrected chi connectivity index (χ4v) is 14.4. The molecule has 42 heteroatoms. The summed E-state index contributed by atoms with van der Waals surface area (Å²) in [7, 11) is 9.58.